The first-order chi connectivity index (χ1) is 14.1. The van der Waals surface area contributed by atoms with Crippen molar-refractivity contribution in [3.8, 4) is 5.75 Å². The number of benzene rings is 2. The van der Waals surface area contributed by atoms with Crippen LogP contribution < -0.4 is 4.74 Å². The monoisotopic (exact) mass is 394 g/mol. The molecule has 1 aliphatic heterocycles. The third-order valence-corrected chi connectivity index (χ3v) is 5.20. The van der Waals surface area contributed by atoms with Crippen molar-refractivity contribution in [2.45, 2.75) is 31.5 Å². The van der Waals surface area contributed by atoms with Crippen LogP contribution in [0.5, 0.6) is 5.75 Å². The second-order valence-corrected chi connectivity index (χ2v) is 7.14. The van der Waals surface area contributed by atoms with Crippen molar-refractivity contribution in [1.29, 1.82) is 0 Å². The largest absolute Gasteiger partial charge is 0.508 e. The van der Waals surface area contributed by atoms with Crippen molar-refractivity contribution in [2.75, 3.05) is 6.61 Å². The van der Waals surface area contributed by atoms with Crippen molar-refractivity contribution in [3.63, 3.8) is 0 Å². The van der Waals surface area contributed by atoms with Crippen LogP contribution in [0.4, 0.5) is 4.79 Å². The zero-order valence-corrected chi connectivity index (χ0v) is 15.9. The van der Waals surface area contributed by atoms with Crippen LogP contribution in [0.2, 0.25) is 0 Å². The van der Waals surface area contributed by atoms with Gasteiger partial charge in [-0.05, 0) is 35.7 Å². The molecule has 3 atom stereocenters. The number of ketones is 1. The number of hydrogen-bond donors (Lipinski definition) is 0. The van der Waals surface area contributed by atoms with Gasteiger partial charge in [0.15, 0.2) is 0 Å². The number of hydrogen-bond acceptors (Lipinski definition) is 6. The average molecular weight is 394 g/mol. The summed E-state index contributed by atoms with van der Waals surface area (Å²) >= 11 is 0. The molecule has 6 heteroatoms. The van der Waals surface area contributed by atoms with Gasteiger partial charge in [0.25, 0.3) is 0 Å². The van der Waals surface area contributed by atoms with Gasteiger partial charge in [-0.2, -0.15) is 0 Å². The van der Waals surface area contributed by atoms with Crippen molar-refractivity contribution in [2.24, 2.45) is 5.92 Å². The first-order valence-electron chi connectivity index (χ1n) is 9.65. The summed E-state index contributed by atoms with van der Waals surface area (Å²) in [4.78, 5) is 24.5. The molecule has 4 rings (SSSR count). The van der Waals surface area contributed by atoms with Crippen molar-refractivity contribution in [3.05, 3.63) is 67.1 Å². The first kappa shape index (κ1) is 19.1. The predicted octanol–water partition coefficient (Wildman–Crippen LogP) is 4.54. The van der Waals surface area contributed by atoms with Crippen LogP contribution in [0, 0.1) is 5.92 Å². The quantitative estimate of drug-likeness (QED) is 0.548. The minimum absolute atomic E-state index is 0.0814. The van der Waals surface area contributed by atoms with Gasteiger partial charge in [0.2, 0.25) is 11.5 Å². The van der Waals surface area contributed by atoms with E-state index in [-0.39, 0.29) is 36.3 Å². The summed E-state index contributed by atoms with van der Waals surface area (Å²) in [5, 5.41) is 2.14. The van der Waals surface area contributed by atoms with E-state index in [1.165, 1.54) is 12.3 Å². The molecule has 0 N–H and O–H groups in total. The summed E-state index contributed by atoms with van der Waals surface area (Å²) in [5.41, 5.74) is 0. The normalized spacial score (nSPS) is 23.4. The van der Waals surface area contributed by atoms with Crippen molar-refractivity contribution in [1.82, 2.24) is 0 Å². The van der Waals surface area contributed by atoms with Gasteiger partial charge >= 0.3 is 6.16 Å². The van der Waals surface area contributed by atoms with Gasteiger partial charge in [-0.25, -0.2) is 4.79 Å². The number of rotatable bonds is 5. The van der Waals surface area contributed by atoms with E-state index in [2.05, 4.69) is 6.58 Å². The van der Waals surface area contributed by atoms with E-state index in [0.717, 1.165) is 10.8 Å². The predicted molar refractivity (Wildman–Crippen MR) is 106 cm³/mol. The van der Waals surface area contributed by atoms with E-state index in [0.29, 0.717) is 25.0 Å². The molecule has 2 aliphatic rings. The lowest BCUT2D eigenvalue weighted by atomic mass is 9.80. The molecule has 1 heterocycles. The summed E-state index contributed by atoms with van der Waals surface area (Å²) in [5.74, 6) is 0.403. The molecule has 0 spiro atoms. The second kappa shape index (κ2) is 8.39. The zero-order chi connectivity index (χ0) is 20.2. The Hall–Kier alpha value is -3.28. The van der Waals surface area contributed by atoms with E-state index < -0.39 is 6.16 Å². The molecule has 2 aromatic rings. The van der Waals surface area contributed by atoms with E-state index in [9.17, 15) is 9.59 Å². The summed E-state index contributed by atoms with van der Waals surface area (Å²) in [6, 6.07) is 13.6. The highest BCUT2D eigenvalue weighted by Crippen LogP contribution is 2.35. The van der Waals surface area contributed by atoms with E-state index in [1.54, 1.807) is 0 Å². The number of fused-ring (bicyclic) bond motifs is 2. The van der Waals surface area contributed by atoms with Gasteiger partial charge in [-0.1, -0.05) is 43.0 Å². The fraction of sp³-hybridized carbons (Fsp3) is 0.304. The molecule has 0 amide bonds. The number of carbonyl (C=O) groups is 2. The second-order valence-electron chi connectivity index (χ2n) is 7.14. The first-order valence-corrected chi connectivity index (χ1v) is 9.65. The molecule has 3 unspecified atom stereocenters. The van der Waals surface area contributed by atoms with Crippen LogP contribution >= 0.6 is 0 Å². The molecule has 0 saturated heterocycles. The van der Waals surface area contributed by atoms with Crippen molar-refractivity contribution < 1.29 is 28.5 Å². The lowest BCUT2D eigenvalue weighted by Crippen LogP contribution is -2.43. The highest BCUT2D eigenvalue weighted by molar-refractivity contribution is 5.96. The number of Topliss-reactive ketones (excluding diaryl/α,β-unsaturated/α-hetero) is 1. The Morgan fingerprint density at radius 1 is 1.17 bits per heavy atom. The lowest BCUT2D eigenvalue weighted by molar-refractivity contribution is -0.132. The summed E-state index contributed by atoms with van der Waals surface area (Å²) in [7, 11) is 0. The Morgan fingerprint density at radius 3 is 2.83 bits per heavy atom. The maximum atomic E-state index is 12.9. The Bertz CT molecular complexity index is 963. The third-order valence-electron chi connectivity index (χ3n) is 5.20. The molecule has 6 nitrogen and oxygen atoms in total. The maximum absolute atomic E-state index is 12.9. The topological polar surface area (TPSA) is 71.1 Å². The van der Waals surface area contributed by atoms with Gasteiger partial charge in [0.1, 0.15) is 30.8 Å². The summed E-state index contributed by atoms with van der Waals surface area (Å²) in [6.45, 7) is 3.59. The lowest BCUT2D eigenvalue weighted by Gasteiger charge is -2.36. The van der Waals surface area contributed by atoms with Gasteiger partial charge in [0.05, 0.1) is 5.92 Å². The Balaban J connectivity index is 1.40. The standard InChI is InChI=1S/C23H22O6/c1-2-11-26-23(25)29-18-9-10-19-20(13-18)27-14-21(22(19)24)28-17-8-7-15-5-3-4-6-16(15)12-17/h2-8,12,14,18-20H,1,9-11,13H2. The van der Waals surface area contributed by atoms with Crippen LogP contribution in [0.15, 0.2) is 67.1 Å². The van der Waals surface area contributed by atoms with Gasteiger partial charge < -0.3 is 18.9 Å². The molecule has 0 radical (unpaired) electrons. The molecular weight excluding hydrogens is 372 g/mol. The van der Waals surface area contributed by atoms with Crippen LogP contribution in [-0.4, -0.2) is 30.8 Å². The smallest absolute Gasteiger partial charge is 0.493 e. The Kier molecular flexibility index (Phi) is 5.51. The molecule has 150 valence electrons. The minimum Gasteiger partial charge on any atom is -0.493 e. The highest BCUT2D eigenvalue weighted by Gasteiger charge is 2.42. The molecule has 29 heavy (non-hydrogen) atoms. The summed E-state index contributed by atoms with van der Waals surface area (Å²) < 4.78 is 21.7. The van der Waals surface area contributed by atoms with Gasteiger partial charge in [-0.3, -0.25) is 4.79 Å². The average Bonchev–Trinajstić information content (AvgIpc) is 2.74. The third kappa shape index (κ3) is 4.26. The fourth-order valence-corrected chi connectivity index (χ4v) is 3.77. The molecule has 0 aromatic heterocycles. The molecule has 1 fully saturated rings. The van der Waals surface area contributed by atoms with Gasteiger partial charge in [-0.15, -0.1) is 0 Å². The molecule has 1 aliphatic carbocycles. The molecule has 0 bridgehead atoms. The number of carbonyl (C=O) groups excluding carboxylic acids is 2. The number of ether oxygens (including phenoxy) is 4. The van der Waals surface area contributed by atoms with Crippen LogP contribution in [0.1, 0.15) is 19.3 Å². The SMILES string of the molecule is C=CCOC(=O)OC1CCC2C(=O)C(Oc3ccc4ccccc4c3)=COC2C1. The van der Waals surface area contributed by atoms with Crippen LogP contribution in [-0.2, 0) is 19.0 Å². The van der Waals surface area contributed by atoms with Gasteiger partial charge in [0, 0.05) is 6.42 Å². The number of allylic oxidation sites excluding steroid dienone is 1. The van der Waals surface area contributed by atoms with E-state index in [4.69, 9.17) is 18.9 Å². The Morgan fingerprint density at radius 2 is 2.00 bits per heavy atom. The van der Waals surface area contributed by atoms with Crippen LogP contribution in [0.3, 0.4) is 0 Å². The summed E-state index contributed by atoms with van der Waals surface area (Å²) in [6.07, 6.45) is 3.02. The van der Waals surface area contributed by atoms with E-state index in [1.807, 2.05) is 42.5 Å². The van der Waals surface area contributed by atoms with Crippen LogP contribution in [0.25, 0.3) is 10.8 Å². The molecule has 1 saturated carbocycles. The molecular formula is C23H22O6. The Labute approximate surface area is 168 Å². The molecule has 2 aromatic carbocycles. The minimum atomic E-state index is -0.730. The van der Waals surface area contributed by atoms with E-state index >= 15 is 0 Å². The fourth-order valence-electron chi connectivity index (χ4n) is 3.77. The van der Waals surface area contributed by atoms with Crippen molar-refractivity contribution >= 4 is 22.7 Å². The zero-order valence-electron chi connectivity index (χ0n) is 15.9. The maximum Gasteiger partial charge on any atom is 0.508 e. The highest BCUT2D eigenvalue weighted by atomic mass is 16.7.